The molecule has 2 amide bonds. The van der Waals surface area contributed by atoms with Gasteiger partial charge in [0.05, 0.1) is 41.7 Å². The smallest absolute Gasteiger partial charge is 0.343 e. The van der Waals surface area contributed by atoms with Gasteiger partial charge in [0.15, 0.2) is 11.4 Å². The van der Waals surface area contributed by atoms with Gasteiger partial charge in [0.1, 0.15) is 18.5 Å². The number of halogens is 1. The molecule has 0 spiro atoms. The molecule has 12 heteroatoms. The van der Waals surface area contributed by atoms with Crippen molar-refractivity contribution in [1.29, 1.82) is 0 Å². The minimum atomic E-state index is -1.96. The van der Waals surface area contributed by atoms with Crippen LogP contribution in [0.15, 0.2) is 16.9 Å². The van der Waals surface area contributed by atoms with E-state index in [-0.39, 0.29) is 60.8 Å². The number of amides is 2. The number of urea groups is 1. The summed E-state index contributed by atoms with van der Waals surface area (Å²) in [6.45, 7) is 7.59. The Hall–Kier alpha value is -3.87. The molecule has 5 heterocycles. The molecule has 3 atom stereocenters. The summed E-state index contributed by atoms with van der Waals surface area (Å²) in [6.07, 6.45) is 0.804. The summed E-state index contributed by atoms with van der Waals surface area (Å²) in [5.74, 6) is -1.89. The highest BCUT2D eigenvalue weighted by molar-refractivity contribution is 5.93. The quantitative estimate of drug-likeness (QED) is 0.307. The average molecular weight is 593 g/mol. The molecular formula is C31H33FN4O7. The van der Waals surface area contributed by atoms with E-state index in [1.54, 1.807) is 24.5 Å². The first-order valence-electron chi connectivity index (χ1n) is 14.6. The lowest BCUT2D eigenvalue weighted by atomic mass is 9.81. The second-order valence-electron chi connectivity index (χ2n) is 12.2. The van der Waals surface area contributed by atoms with Gasteiger partial charge in [-0.3, -0.25) is 4.79 Å². The number of fused-ring (bicyclic) bond motifs is 5. The summed E-state index contributed by atoms with van der Waals surface area (Å²) in [5.41, 5.74) is 2.28. The molecule has 1 unspecified atom stereocenters. The first kappa shape index (κ1) is 27.9. The third kappa shape index (κ3) is 4.18. The van der Waals surface area contributed by atoms with Crippen LogP contribution in [0, 0.1) is 12.7 Å². The molecule has 43 heavy (non-hydrogen) atoms. The Balaban J connectivity index is 1.32. The van der Waals surface area contributed by atoms with Crippen molar-refractivity contribution in [2.24, 2.45) is 0 Å². The summed E-state index contributed by atoms with van der Waals surface area (Å²) in [7, 11) is 0. The van der Waals surface area contributed by atoms with Crippen molar-refractivity contribution in [2.75, 3.05) is 13.2 Å². The monoisotopic (exact) mass is 592 g/mol. The molecule has 3 aliphatic heterocycles. The van der Waals surface area contributed by atoms with Crippen molar-refractivity contribution in [1.82, 2.24) is 20.2 Å². The highest BCUT2D eigenvalue weighted by Crippen LogP contribution is 2.46. The van der Waals surface area contributed by atoms with Crippen LogP contribution in [-0.4, -0.2) is 51.7 Å². The normalized spacial score (nSPS) is 24.7. The van der Waals surface area contributed by atoms with Gasteiger partial charge in [0.2, 0.25) is 0 Å². The molecule has 3 aromatic rings. The lowest BCUT2D eigenvalue weighted by Crippen LogP contribution is -2.44. The topological polar surface area (TPSA) is 141 Å². The zero-order chi connectivity index (χ0) is 30.4. The molecule has 3 N–H and O–H groups in total. The summed E-state index contributed by atoms with van der Waals surface area (Å²) >= 11 is 0. The van der Waals surface area contributed by atoms with Gasteiger partial charge in [-0.2, -0.15) is 0 Å². The Bertz CT molecular complexity index is 1800. The molecule has 2 aromatic heterocycles. The van der Waals surface area contributed by atoms with Gasteiger partial charge in [0.25, 0.3) is 5.56 Å². The van der Waals surface area contributed by atoms with Crippen LogP contribution in [0.25, 0.3) is 22.3 Å². The molecule has 1 fully saturated rings. The summed E-state index contributed by atoms with van der Waals surface area (Å²) in [5, 5.41) is 18.0. The molecule has 0 saturated carbocycles. The molecule has 1 aliphatic carbocycles. The SMILES string of the molecule is CC[C@@]1(O)C(=O)OCc2c1cc1n(c2=O)Cc2c-1nc1cc(F)c(C)c3c1c2[C@@H](NC(=O)NCC1COC(C)(C)O1)CC3. The minimum absolute atomic E-state index is 0.0233. The summed E-state index contributed by atoms with van der Waals surface area (Å²) < 4.78 is 33.2. The van der Waals surface area contributed by atoms with Crippen LogP contribution >= 0.6 is 0 Å². The number of carbonyl (C=O) groups excluding carboxylic acids is 2. The number of hydrogen-bond donors (Lipinski definition) is 3. The van der Waals surface area contributed by atoms with Gasteiger partial charge in [-0.25, -0.2) is 19.0 Å². The van der Waals surface area contributed by atoms with Crippen molar-refractivity contribution in [3.8, 4) is 11.4 Å². The Morgan fingerprint density at radius 2 is 2.02 bits per heavy atom. The number of esters is 1. The number of rotatable bonds is 4. The molecule has 1 saturated heterocycles. The van der Waals surface area contributed by atoms with Crippen LogP contribution in [0.3, 0.4) is 0 Å². The Morgan fingerprint density at radius 3 is 2.74 bits per heavy atom. The van der Waals surface area contributed by atoms with Gasteiger partial charge in [-0.15, -0.1) is 0 Å². The maximum atomic E-state index is 15.1. The molecular weight excluding hydrogens is 559 g/mol. The van der Waals surface area contributed by atoms with Gasteiger partial charge >= 0.3 is 12.0 Å². The number of nitrogens with one attached hydrogen (secondary N) is 2. The maximum Gasteiger partial charge on any atom is 0.343 e. The summed E-state index contributed by atoms with van der Waals surface area (Å²) in [4.78, 5) is 44.3. The largest absolute Gasteiger partial charge is 0.458 e. The summed E-state index contributed by atoms with van der Waals surface area (Å²) in [6, 6.07) is 2.20. The van der Waals surface area contributed by atoms with E-state index in [1.165, 1.54) is 6.07 Å². The molecule has 0 bridgehead atoms. The van der Waals surface area contributed by atoms with Gasteiger partial charge in [-0.05, 0) is 62.8 Å². The standard InChI is InChI=1S/C31H33FN4O7/c1-5-31(40)19-8-23-26-17(11-36(23)27(37)18(19)13-41-28(31)38)25-21(35-29(39)33-10-15-12-42-30(3,4)43-15)7-6-16-14(2)20(32)9-22(34-26)24(16)25/h8-9,15,21,40H,5-7,10-13H2,1-4H3,(H2,33,35,39)/t15?,21-,31-/m0/s1. The molecule has 4 aliphatic rings. The van der Waals surface area contributed by atoms with Crippen LogP contribution in [0.2, 0.25) is 0 Å². The molecule has 11 nitrogen and oxygen atoms in total. The third-order valence-corrected chi connectivity index (χ3v) is 9.24. The van der Waals surface area contributed by atoms with Crippen LogP contribution in [0.5, 0.6) is 0 Å². The Morgan fingerprint density at radius 1 is 1.23 bits per heavy atom. The number of carbonyl (C=O) groups is 2. The predicted molar refractivity (Wildman–Crippen MR) is 152 cm³/mol. The number of hydrogen-bond acceptors (Lipinski definition) is 8. The van der Waals surface area contributed by atoms with E-state index in [9.17, 15) is 19.5 Å². The van der Waals surface area contributed by atoms with E-state index in [4.69, 9.17) is 19.2 Å². The number of aromatic nitrogens is 2. The van der Waals surface area contributed by atoms with Gasteiger partial charge in [0, 0.05) is 29.1 Å². The second-order valence-corrected chi connectivity index (χ2v) is 12.2. The highest BCUT2D eigenvalue weighted by atomic mass is 19.1. The Kier molecular flexibility index (Phi) is 6.21. The number of aryl methyl sites for hydroxylation is 1. The van der Waals surface area contributed by atoms with Crippen molar-refractivity contribution < 1.29 is 33.3 Å². The number of ether oxygens (including phenoxy) is 3. The molecule has 7 rings (SSSR count). The zero-order valence-electron chi connectivity index (χ0n) is 24.4. The number of nitrogens with zero attached hydrogens (tertiary/aromatic N) is 2. The van der Waals surface area contributed by atoms with Crippen LogP contribution in [-0.2, 0) is 44.2 Å². The van der Waals surface area contributed by atoms with E-state index >= 15 is 4.39 Å². The van der Waals surface area contributed by atoms with Crippen LogP contribution < -0.4 is 16.2 Å². The molecule has 0 radical (unpaired) electrons. The van der Waals surface area contributed by atoms with E-state index in [0.29, 0.717) is 41.9 Å². The zero-order valence-corrected chi connectivity index (χ0v) is 24.4. The van der Waals surface area contributed by atoms with Crippen LogP contribution in [0.4, 0.5) is 9.18 Å². The number of pyridine rings is 2. The molecule has 226 valence electrons. The lowest BCUT2D eigenvalue weighted by Gasteiger charge is -2.31. The predicted octanol–water partition coefficient (Wildman–Crippen LogP) is 2.97. The maximum absolute atomic E-state index is 15.1. The first-order valence-corrected chi connectivity index (χ1v) is 14.6. The van der Waals surface area contributed by atoms with Crippen molar-refractivity contribution in [3.05, 3.63) is 61.7 Å². The fourth-order valence-corrected chi connectivity index (χ4v) is 6.98. The second kappa shape index (κ2) is 9.57. The van der Waals surface area contributed by atoms with Crippen molar-refractivity contribution in [3.63, 3.8) is 0 Å². The number of benzene rings is 1. The lowest BCUT2D eigenvalue weighted by molar-refractivity contribution is -0.172. The van der Waals surface area contributed by atoms with Crippen LogP contribution in [0.1, 0.15) is 73.0 Å². The van der Waals surface area contributed by atoms with E-state index in [0.717, 1.165) is 22.1 Å². The van der Waals surface area contributed by atoms with E-state index in [2.05, 4.69) is 10.6 Å². The first-order chi connectivity index (χ1) is 20.4. The Labute approximate surface area is 246 Å². The third-order valence-electron chi connectivity index (χ3n) is 9.24. The average Bonchev–Trinajstić information content (AvgIpc) is 3.52. The van der Waals surface area contributed by atoms with Gasteiger partial charge < -0.3 is 34.5 Å². The van der Waals surface area contributed by atoms with E-state index in [1.807, 2.05) is 13.8 Å². The highest BCUT2D eigenvalue weighted by Gasteiger charge is 2.46. The number of cyclic esters (lactones) is 1. The fourth-order valence-electron chi connectivity index (χ4n) is 6.98. The van der Waals surface area contributed by atoms with Gasteiger partial charge in [-0.1, -0.05) is 6.92 Å². The van der Waals surface area contributed by atoms with Crippen molar-refractivity contribution in [2.45, 2.75) is 83.6 Å². The fraction of sp³-hybridized carbons (Fsp3) is 0.484. The molecule has 1 aromatic carbocycles. The number of aliphatic hydroxyl groups is 1. The minimum Gasteiger partial charge on any atom is -0.458 e. The van der Waals surface area contributed by atoms with Crippen molar-refractivity contribution >= 4 is 22.9 Å². The van der Waals surface area contributed by atoms with E-state index < -0.39 is 23.4 Å².